The van der Waals surface area contributed by atoms with Crippen LogP contribution in [0.3, 0.4) is 0 Å². The van der Waals surface area contributed by atoms with Crippen LogP contribution < -0.4 is 5.76 Å². The Morgan fingerprint density at radius 1 is 1.50 bits per heavy atom. The van der Waals surface area contributed by atoms with Crippen molar-refractivity contribution in [3.8, 4) is 0 Å². The fourth-order valence-electron chi connectivity index (χ4n) is 1.87. The third-order valence-electron chi connectivity index (χ3n) is 3.00. The summed E-state index contributed by atoms with van der Waals surface area (Å²) in [5, 5.41) is 9.21. The first-order valence-corrected chi connectivity index (χ1v) is 5.37. The topological polar surface area (TPSA) is 55.4 Å². The highest BCUT2D eigenvalue weighted by molar-refractivity contribution is 5.73. The molecule has 1 atom stereocenters. The molecule has 1 aromatic carbocycles. The molecule has 86 valence electrons. The van der Waals surface area contributed by atoms with E-state index in [9.17, 15) is 9.90 Å². The van der Waals surface area contributed by atoms with Gasteiger partial charge in [0.25, 0.3) is 0 Å². The van der Waals surface area contributed by atoms with Crippen molar-refractivity contribution in [3.63, 3.8) is 0 Å². The summed E-state index contributed by atoms with van der Waals surface area (Å²) in [6, 6.07) is 5.62. The van der Waals surface area contributed by atoms with E-state index in [0.717, 1.165) is 17.5 Å². The van der Waals surface area contributed by atoms with Crippen molar-refractivity contribution in [2.75, 3.05) is 6.61 Å². The second kappa shape index (κ2) is 4.14. The number of nitrogens with zero attached hydrogens (tertiary/aromatic N) is 1. The number of aliphatic hydroxyl groups is 1. The van der Waals surface area contributed by atoms with E-state index in [4.69, 9.17) is 4.42 Å². The largest absolute Gasteiger partial charge is 0.419 e. The molecule has 2 aromatic rings. The molecule has 2 rings (SSSR count). The van der Waals surface area contributed by atoms with Crippen LogP contribution in [-0.2, 0) is 7.05 Å². The molecule has 0 aliphatic heterocycles. The average Bonchev–Trinajstić information content (AvgIpc) is 2.56. The first-order valence-electron chi connectivity index (χ1n) is 5.37. The molecular weight excluding hydrogens is 206 g/mol. The van der Waals surface area contributed by atoms with E-state index in [2.05, 4.69) is 0 Å². The highest BCUT2D eigenvalue weighted by atomic mass is 16.4. The van der Waals surface area contributed by atoms with Gasteiger partial charge in [-0.1, -0.05) is 13.0 Å². The lowest BCUT2D eigenvalue weighted by molar-refractivity contribution is 0.262. The zero-order valence-corrected chi connectivity index (χ0v) is 9.43. The summed E-state index contributed by atoms with van der Waals surface area (Å²) in [7, 11) is 1.68. The fraction of sp³-hybridized carbons (Fsp3) is 0.417. The molecule has 0 saturated carbocycles. The minimum absolute atomic E-state index is 0.106. The zero-order valence-electron chi connectivity index (χ0n) is 9.43. The van der Waals surface area contributed by atoms with Crippen LogP contribution in [0.2, 0.25) is 0 Å². The quantitative estimate of drug-likeness (QED) is 0.856. The van der Waals surface area contributed by atoms with Gasteiger partial charge in [0.05, 0.1) is 5.52 Å². The van der Waals surface area contributed by atoms with Gasteiger partial charge in [-0.05, 0) is 24.1 Å². The Balaban J connectivity index is 2.56. The maximum absolute atomic E-state index is 11.3. The maximum Gasteiger partial charge on any atom is 0.419 e. The van der Waals surface area contributed by atoms with Crippen molar-refractivity contribution in [2.45, 2.75) is 19.3 Å². The first kappa shape index (κ1) is 11.0. The number of aromatic nitrogens is 1. The molecule has 0 amide bonds. The SMILES string of the molecule is CCC(CO)c1ccc2c(c1)oc(=O)n2C. The highest BCUT2D eigenvalue weighted by Gasteiger charge is 2.11. The van der Waals surface area contributed by atoms with E-state index >= 15 is 0 Å². The van der Waals surface area contributed by atoms with Crippen molar-refractivity contribution >= 4 is 11.1 Å². The number of rotatable bonds is 3. The predicted molar refractivity (Wildman–Crippen MR) is 61.6 cm³/mol. The Hall–Kier alpha value is -1.55. The maximum atomic E-state index is 11.3. The molecular formula is C12H15NO3. The van der Waals surface area contributed by atoms with Gasteiger partial charge >= 0.3 is 5.76 Å². The molecule has 1 aromatic heterocycles. The number of aryl methyl sites for hydroxylation is 1. The van der Waals surface area contributed by atoms with Crippen molar-refractivity contribution in [1.82, 2.24) is 4.57 Å². The van der Waals surface area contributed by atoms with E-state index in [-0.39, 0.29) is 18.3 Å². The van der Waals surface area contributed by atoms with Crippen LogP contribution in [0.4, 0.5) is 0 Å². The molecule has 4 heteroatoms. The van der Waals surface area contributed by atoms with Crippen molar-refractivity contribution in [1.29, 1.82) is 0 Å². The molecule has 0 spiro atoms. The third-order valence-corrected chi connectivity index (χ3v) is 3.00. The van der Waals surface area contributed by atoms with Crippen molar-refractivity contribution < 1.29 is 9.52 Å². The molecule has 1 heterocycles. The van der Waals surface area contributed by atoms with E-state index in [1.165, 1.54) is 4.57 Å². The second-order valence-corrected chi connectivity index (χ2v) is 3.94. The van der Waals surface area contributed by atoms with Gasteiger partial charge < -0.3 is 9.52 Å². The Morgan fingerprint density at radius 3 is 2.88 bits per heavy atom. The van der Waals surface area contributed by atoms with Crippen LogP contribution in [0.25, 0.3) is 11.1 Å². The summed E-state index contributed by atoms with van der Waals surface area (Å²) in [6.07, 6.45) is 0.860. The summed E-state index contributed by atoms with van der Waals surface area (Å²) in [6.45, 7) is 2.13. The number of hydrogen-bond donors (Lipinski definition) is 1. The molecule has 0 fully saturated rings. The van der Waals surface area contributed by atoms with E-state index in [0.29, 0.717) is 5.58 Å². The summed E-state index contributed by atoms with van der Waals surface area (Å²) in [4.78, 5) is 11.3. The Morgan fingerprint density at radius 2 is 2.25 bits per heavy atom. The van der Waals surface area contributed by atoms with Gasteiger partial charge in [-0.2, -0.15) is 0 Å². The molecule has 16 heavy (non-hydrogen) atoms. The van der Waals surface area contributed by atoms with Crippen LogP contribution in [0.5, 0.6) is 0 Å². The molecule has 1 N–H and O–H groups in total. The monoisotopic (exact) mass is 221 g/mol. The minimum atomic E-state index is -0.357. The molecule has 0 aliphatic carbocycles. The number of hydrogen-bond acceptors (Lipinski definition) is 3. The lowest BCUT2D eigenvalue weighted by Crippen LogP contribution is -2.08. The van der Waals surface area contributed by atoms with Crippen LogP contribution >= 0.6 is 0 Å². The van der Waals surface area contributed by atoms with E-state index < -0.39 is 0 Å². The molecule has 0 bridgehead atoms. The van der Waals surface area contributed by atoms with Crippen LogP contribution in [0.1, 0.15) is 24.8 Å². The molecule has 1 unspecified atom stereocenters. The van der Waals surface area contributed by atoms with Crippen LogP contribution in [0, 0.1) is 0 Å². The van der Waals surface area contributed by atoms with Crippen molar-refractivity contribution in [2.24, 2.45) is 7.05 Å². The lowest BCUT2D eigenvalue weighted by Gasteiger charge is -2.11. The van der Waals surface area contributed by atoms with Crippen LogP contribution in [-0.4, -0.2) is 16.3 Å². The first-order chi connectivity index (χ1) is 7.67. The summed E-state index contributed by atoms with van der Waals surface area (Å²) in [5.74, 6) is -0.251. The van der Waals surface area contributed by atoms with Gasteiger partial charge in [0.2, 0.25) is 0 Å². The Bertz CT molecular complexity index is 549. The van der Waals surface area contributed by atoms with Gasteiger partial charge in [-0.15, -0.1) is 0 Å². The standard InChI is InChI=1S/C12H15NO3/c1-3-8(7-14)9-4-5-10-11(6-9)16-12(15)13(10)2/h4-6,8,14H,3,7H2,1-2H3. The Labute approximate surface area is 93.1 Å². The molecule has 0 saturated heterocycles. The van der Waals surface area contributed by atoms with Gasteiger partial charge in [0.15, 0.2) is 5.58 Å². The number of fused-ring (bicyclic) bond motifs is 1. The second-order valence-electron chi connectivity index (χ2n) is 3.94. The fourth-order valence-corrected chi connectivity index (χ4v) is 1.87. The minimum Gasteiger partial charge on any atom is -0.408 e. The van der Waals surface area contributed by atoms with E-state index in [1.54, 1.807) is 7.05 Å². The Kier molecular flexibility index (Phi) is 2.83. The van der Waals surface area contributed by atoms with Crippen LogP contribution in [0.15, 0.2) is 27.4 Å². The van der Waals surface area contributed by atoms with Crippen molar-refractivity contribution in [3.05, 3.63) is 34.3 Å². The number of oxazole rings is 1. The number of aliphatic hydroxyl groups excluding tert-OH is 1. The average molecular weight is 221 g/mol. The molecule has 4 nitrogen and oxygen atoms in total. The lowest BCUT2D eigenvalue weighted by atomic mass is 9.97. The summed E-state index contributed by atoms with van der Waals surface area (Å²) in [5.41, 5.74) is 2.37. The van der Waals surface area contributed by atoms with E-state index in [1.807, 2.05) is 25.1 Å². The zero-order chi connectivity index (χ0) is 11.7. The molecule has 0 radical (unpaired) electrons. The normalized spacial score (nSPS) is 13.2. The molecule has 0 aliphatic rings. The predicted octanol–water partition coefficient (Wildman–Crippen LogP) is 1.62. The third kappa shape index (κ3) is 1.65. The van der Waals surface area contributed by atoms with Gasteiger partial charge in [0.1, 0.15) is 0 Å². The van der Waals surface area contributed by atoms with Gasteiger partial charge in [0, 0.05) is 19.6 Å². The summed E-state index contributed by atoms with van der Waals surface area (Å²) >= 11 is 0. The highest BCUT2D eigenvalue weighted by Crippen LogP contribution is 2.22. The smallest absolute Gasteiger partial charge is 0.408 e. The summed E-state index contributed by atoms with van der Waals surface area (Å²) < 4.78 is 6.58. The number of benzene rings is 1. The van der Waals surface area contributed by atoms with Gasteiger partial charge in [-0.3, -0.25) is 4.57 Å². The van der Waals surface area contributed by atoms with Gasteiger partial charge in [-0.25, -0.2) is 4.79 Å².